The molecule has 0 aliphatic heterocycles. The van der Waals surface area contributed by atoms with E-state index in [1.165, 1.54) is 30.5 Å². The second kappa shape index (κ2) is 7.18. The fraction of sp³-hybridized carbons (Fsp3) is 0.533. The maximum atomic E-state index is 12.8. The van der Waals surface area contributed by atoms with Crippen LogP contribution in [0, 0.1) is 5.92 Å². The highest BCUT2D eigenvalue weighted by atomic mass is 19.3. The van der Waals surface area contributed by atoms with Gasteiger partial charge >= 0.3 is 0 Å². The zero-order valence-electron chi connectivity index (χ0n) is 13.6. The van der Waals surface area contributed by atoms with Crippen LogP contribution in [0.15, 0.2) is 24.8 Å². The highest BCUT2D eigenvalue weighted by Gasteiger charge is 2.44. The average Bonchev–Trinajstić information content (AvgIpc) is 3.10. The number of rotatable bonds is 5. The number of methoxy groups -OCH3 is 1. The molecule has 0 atom stereocenters. The minimum Gasteiger partial charge on any atom is -0.368 e. The summed E-state index contributed by atoms with van der Waals surface area (Å²) in [4.78, 5) is 24.8. The molecule has 1 aliphatic rings. The summed E-state index contributed by atoms with van der Waals surface area (Å²) in [5, 5.41) is 6.65. The maximum absolute atomic E-state index is 12.8. The van der Waals surface area contributed by atoms with Crippen LogP contribution in [0.2, 0.25) is 0 Å². The smallest absolute Gasteiger partial charge is 0.258 e. The van der Waals surface area contributed by atoms with Gasteiger partial charge in [-0.3, -0.25) is 10.1 Å². The molecule has 3 rings (SSSR count). The van der Waals surface area contributed by atoms with Crippen molar-refractivity contribution in [2.24, 2.45) is 5.92 Å². The molecule has 2 aromatic heterocycles. The van der Waals surface area contributed by atoms with Crippen LogP contribution in [0.25, 0.3) is 5.95 Å². The van der Waals surface area contributed by atoms with E-state index in [0.717, 1.165) is 0 Å². The summed E-state index contributed by atoms with van der Waals surface area (Å²) >= 11 is 0. The molecule has 0 saturated heterocycles. The first-order chi connectivity index (χ1) is 12.1. The van der Waals surface area contributed by atoms with Gasteiger partial charge in [0.25, 0.3) is 11.9 Å². The molecular weight excluding hydrogens is 334 g/mol. The number of halogens is 2. The van der Waals surface area contributed by atoms with E-state index in [1.807, 2.05) is 0 Å². The zero-order valence-corrected chi connectivity index (χ0v) is 13.6. The number of alkyl halides is 2. The first-order valence-corrected chi connectivity index (χ1v) is 7.88. The molecule has 8 nitrogen and oxygen atoms in total. The van der Waals surface area contributed by atoms with E-state index in [-0.39, 0.29) is 37.6 Å². The van der Waals surface area contributed by atoms with Gasteiger partial charge in [0.1, 0.15) is 11.9 Å². The van der Waals surface area contributed by atoms with Crippen LogP contribution in [0.1, 0.15) is 25.7 Å². The quantitative estimate of drug-likeness (QED) is 0.882. The van der Waals surface area contributed by atoms with E-state index in [9.17, 15) is 13.6 Å². The Morgan fingerprint density at radius 1 is 1.32 bits per heavy atom. The van der Waals surface area contributed by atoms with Gasteiger partial charge < -0.3 is 4.74 Å². The van der Waals surface area contributed by atoms with Crippen molar-refractivity contribution < 1.29 is 18.3 Å². The predicted molar refractivity (Wildman–Crippen MR) is 83.3 cm³/mol. The van der Waals surface area contributed by atoms with E-state index < -0.39 is 23.9 Å². The lowest BCUT2D eigenvalue weighted by atomic mass is 9.78. The Bertz CT molecular complexity index is 716. The van der Waals surface area contributed by atoms with E-state index in [2.05, 4.69) is 25.4 Å². The molecule has 1 amide bonds. The molecular formula is C15H18F2N6O2. The summed E-state index contributed by atoms with van der Waals surface area (Å²) in [6.45, 7) is 0. The lowest BCUT2D eigenvalue weighted by molar-refractivity contribution is -0.144. The normalized spacial score (nSPS) is 23.6. The van der Waals surface area contributed by atoms with Crippen LogP contribution < -0.4 is 5.32 Å². The third-order valence-corrected chi connectivity index (χ3v) is 4.51. The van der Waals surface area contributed by atoms with Crippen LogP contribution in [-0.4, -0.2) is 49.8 Å². The van der Waals surface area contributed by atoms with Crippen LogP contribution in [0.3, 0.4) is 0 Å². The van der Waals surface area contributed by atoms with Crippen molar-refractivity contribution in [3.8, 4) is 5.95 Å². The maximum Gasteiger partial charge on any atom is 0.258 e. The molecule has 10 heteroatoms. The molecule has 134 valence electrons. The second-order valence-corrected chi connectivity index (χ2v) is 5.87. The Morgan fingerprint density at radius 2 is 2.00 bits per heavy atom. The lowest BCUT2D eigenvalue weighted by Crippen LogP contribution is -2.48. The molecule has 25 heavy (non-hydrogen) atoms. The number of nitrogens with one attached hydrogen (secondary N) is 1. The second-order valence-electron chi connectivity index (χ2n) is 5.87. The van der Waals surface area contributed by atoms with Crippen molar-refractivity contribution >= 4 is 11.9 Å². The Labute approximate surface area is 142 Å². The van der Waals surface area contributed by atoms with Crippen molar-refractivity contribution in [3.05, 3.63) is 24.8 Å². The molecule has 0 aromatic carbocycles. The molecule has 2 aromatic rings. The number of amides is 1. The molecule has 0 bridgehead atoms. The van der Waals surface area contributed by atoms with Gasteiger partial charge in [0, 0.05) is 25.4 Å². The number of hydrogen-bond acceptors (Lipinski definition) is 6. The van der Waals surface area contributed by atoms with Crippen LogP contribution in [-0.2, 0) is 9.53 Å². The highest BCUT2D eigenvalue weighted by molar-refractivity contribution is 5.96. The molecule has 2 heterocycles. The highest BCUT2D eigenvalue weighted by Crippen LogP contribution is 2.38. The Hall–Kier alpha value is -2.49. The summed E-state index contributed by atoms with van der Waals surface area (Å²) < 4.78 is 32.4. The van der Waals surface area contributed by atoms with E-state index >= 15 is 0 Å². The lowest BCUT2D eigenvalue weighted by Gasteiger charge is -2.37. The van der Waals surface area contributed by atoms with Crippen LogP contribution >= 0.6 is 0 Å². The monoisotopic (exact) mass is 352 g/mol. The number of anilines is 1. The SMILES string of the molecule is COC1(C(=O)Nc2ncnn2-c2ncccn2)CCC(C(F)F)CC1. The van der Waals surface area contributed by atoms with Crippen molar-refractivity contribution in [2.75, 3.05) is 12.4 Å². The number of nitrogens with zero attached hydrogens (tertiary/aromatic N) is 5. The minimum atomic E-state index is -2.38. The van der Waals surface area contributed by atoms with Gasteiger partial charge in [0.15, 0.2) is 0 Å². The fourth-order valence-corrected chi connectivity index (χ4v) is 2.97. The standard InChI is InChI=1S/C15H18F2N6O2/c1-25-15(5-3-10(4-6-15)11(16)17)12(24)22-14-20-9-21-23(14)13-18-7-2-8-19-13/h2,7-11H,3-6H2,1H3,(H,20,21,22,24). The minimum absolute atomic E-state index is 0.142. The Kier molecular flexibility index (Phi) is 4.98. The van der Waals surface area contributed by atoms with Gasteiger partial charge in [-0.2, -0.15) is 14.8 Å². The molecule has 1 aliphatic carbocycles. The molecule has 0 spiro atoms. The fourth-order valence-electron chi connectivity index (χ4n) is 2.97. The first kappa shape index (κ1) is 17.3. The summed E-state index contributed by atoms with van der Waals surface area (Å²) in [7, 11) is 1.41. The van der Waals surface area contributed by atoms with Crippen molar-refractivity contribution in [2.45, 2.75) is 37.7 Å². The van der Waals surface area contributed by atoms with Crippen molar-refractivity contribution in [3.63, 3.8) is 0 Å². The Morgan fingerprint density at radius 3 is 2.60 bits per heavy atom. The first-order valence-electron chi connectivity index (χ1n) is 7.88. The van der Waals surface area contributed by atoms with Crippen LogP contribution in [0.5, 0.6) is 0 Å². The van der Waals surface area contributed by atoms with E-state index in [0.29, 0.717) is 0 Å². The number of ether oxygens (including phenoxy) is 1. The van der Waals surface area contributed by atoms with Gasteiger partial charge in [-0.25, -0.2) is 18.7 Å². The summed E-state index contributed by atoms with van der Waals surface area (Å²) in [5.74, 6) is -0.739. The zero-order chi connectivity index (χ0) is 17.9. The van der Waals surface area contributed by atoms with Gasteiger partial charge in [-0.1, -0.05) is 0 Å². The summed E-state index contributed by atoms with van der Waals surface area (Å²) in [6.07, 6.45) is 2.87. The number of hydrogen-bond donors (Lipinski definition) is 1. The molecule has 1 N–H and O–H groups in total. The summed E-state index contributed by atoms with van der Waals surface area (Å²) in [6, 6.07) is 1.65. The Balaban J connectivity index is 1.75. The summed E-state index contributed by atoms with van der Waals surface area (Å²) in [5.41, 5.74) is -1.15. The number of carbonyl (C=O) groups is 1. The van der Waals surface area contributed by atoms with Gasteiger partial charge in [-0.05, 0) is 31.7 Å². The third kappa shape index (κ3) is 3.48. The largest absolute Gasteiger partial charge is 0.368 e. The molecule has 1 saturated carbocycles. The van der Waals surface area contributed by atoms with Crippen molar-refractivity contribution in [1.29, 1.82) is 0 Å². The number of carbonyl (C=O) groups excluding carboxylic acids is 1. The van der Waals surface area contributed by atoms with E-state index in [1.54, 1.807) is 6.07 Å². The predicted octanol–water partition coefficient (Wildman–Crippen LogP) is 1.84. The third-order valence-electron chi connectivity index (χ3n) is 4.51. The topological polar surface area (TPSA) is 94.8 Å². The average molecular weight is 352 g/mol. The van der Waals surface area contributed by atoms with Crippen molar-refractivity contribution in [1.82, 2.24) is 24.7 Å². The molecule has 1 fully saturated rings. The van der Waals surface area contributed by atoms with Gasteiger partial charge in [-0.15, -0.1) is 0 Å². The van der Waals surface area contributed by atoms with Crippen LogP contribution in [0.4, 0.5) is 14.7 Å². The van der Waals surface area contributed by atoms with Gasteiger partial charge in [0.2, 0.25) is 12.4 Å². The van der Waals surface area contributed by atoms with E-state index in [4.69, 9.17) is 4.74 Å². The molecule has 0 unspecified atom stereocenters. The van der Waals surface area contributed by atoms with Gasteiger partial charge in [0.05, 0.1) is 0 Å². The number of aromatic nitrogens is 5. The molecule has 0 radical (unpaired) electrons.